The number of aromatic nitrogens is 2. The van der Waals surface area contributed by atoms with Crippen molar-refractivity contribution in [1.29, 1.82) is 0 Å². The van der Waals surface area contributed by atoms with E-state index in [4.69, 9.17) is 4.74 Å². The smallest absolute Gasteiger partial charge is 0.123 e. The zero-order valence-electron chi connectivity index (χ0n) is 13.8. The van der Waals surface area contributed by atoms with Crippen LogP contribution in [0, 0.1) is 0 Å². The summed E-state index contributed by atoms with van der Waals surface area (Å²) in [5.41, 5.74) is 1.37. The second-order valence-corrected chi connectivity index (χ2v) is 6.74. The molecule has 1 aromatic carbocycles. The van der Waals surface area contributed by atoms with Gasteiger partial charge in [0.15, 0.2) is 0 Å². The number of methoxy groups -OCH3 is 1. The Morgan fingerprint density at radius 1 is 1.22 bits per heavy atom. The summed E-state index contributed by atoms with van der Waals surface area (Å²) < 4.78 is 7.80. The number of nitrogens with zero attached hydrogens (tertiary/aromatic N) is 3. The van der Waals surface area contributed by atoms with E-state index in [0.29, 0.717) is 12.1 Å². The highest BCUT2D eigenvalue weighted by atomic mass is 16.5. The summed E-state index contributed by atoms with van der Waals surface area (Å²) in [5.74, 6) is 2.18. The lowest BCUT2D eigenvalue weighted by molar-refractivity contribution is 0.135. The van der Waals surface area contributed by atoms with Crippen molar-refractivity contribution in [2.24, 2.45) is 0 Å². The fourth-order valence-electron chi connectivity index (χ4n) is 3.74. The van der Waals surface area contributed by atoms with E-state index in [2.05, 4.69) is 38.8 Å². The molecule has 2 fully saturated rings. The number of hydrogen-bond donors (Lipinski definition) is 0. The minimum atomic E-state index is 0.475. The molecule has 0 bridgehead atoms. The second-order valence-electron chi connectivity index (χ2n) is 6.74. The average molecular weight is 311 g/mol. The highest BCUT2D eigenvalue weighted by molar-refractivity contribution is 5.30. The summed E-state index contributed by atoms with van der Waals surface area (Å²) in [6.07, 6.45) is 10.5. The first-order chi connectivity index (χ1) is 11.3. The first kappa shape index (κ1) is 14.8. The molecule has 1 unspecified atom stereocenters. The quantitative estimate of drug-likeness (QED) is 0.837. The molecule has 4 heteroatoms. The van der Waals surface area contributed by atoms with Gasteiger partial charge in [-0.15, -0.1) is 0 Å². The minimum absolute atomic E-state index is 0.475. The average Bonchev–Trinajstić information content (AvgIpc) is 3.35. The van der Waals surface area contributed by atoms with E-state index in [-0.39, 0.29) is 0 Å². The maximum atomic E-state index is 5.41. The Balaban J connectivity index is 1.56. The van der Waals surface area contributed by atoms with Gasteiger partial charge in [-0.2, -0.15) is 0 Å². The van der Waals surface area contributed by atoms with Crippen LogP contribution in [0.15, 0.2) is 36.7 Å². The summed E-state index contributed by atoms with van der Waals surface area (Å²) in [4.78, 5) is 7.23. The molecule has 1 saturated heterocycles. The molecule has 0 amide bonds. The Morgan fingerprint density at radius 3 is 2.96 bits per heavy atom. The molecule has 1 atom stereocenters. The molecule has 0 spiro atoms. The van der Waals surface area contributed by atoms with Gasteiger partial charge in [0.2, 0.25) is 0 Å². The third-order valence-corrected chi connectivity index (χ3v) is 5.13. The van der Waals surface area contributed by atoms with Gasteiger partial charge >= 0.3 is 0 Å². The predicted octanol–water partition coefficient (Wildman–Crippen LogP) is 3.95. The van der Waals surface area contributed by atoms with Crippen molar-refractivity contribution >= 4 is 0 Å². The lowest BCUT2D eigenvalue weighted by atomic mass is 9.95. The van der Waals surface area contributed by atoms with E-state index in [0.717, 1.165) is 18.8 Å². The third-order valence-electron chi connectivity index (χ3n) is 5.13. The maximum absolute atomic E-state index is 5.41. The largest absolute Gasteiger partial charge is 0.497 e. The summed E-state index contributed by atoms with van der Waals surface area (Å²) in [6, 6.07) is 9.73. The fraction of sp³-hybridized carbons (Fsp3) is 0.526. The van der Waals surface area contributed by atoms with E-state index in [1.54, 1.807) is 7.11 Å². The Hall–Kier alpha value is -1.81. The number of piperidine rings is 1. The van der Waals surface area contributed by atoms with Crippen molar-refractivity contribution in [3.8, 4) is 5.75 Å². The van der Waals surface area contributed by atoms with Gasteiger partial charge in [-0.25, -0.2) is 4.98 Å². The molecule has 2 heterocycles. The summed E-state index contributed by atoms with van der Waals surface area (Å²) in [6.45, 7) is 2.10. The number of imidazole rings is 1. The first-order valence-electron chi connectivity index (χ1n) is 8.75. The van der Waals surface area contributed by atoms with Gasteiger partial charge in [0.25, 0.3) is 0 Å². The topological polar surface area (TPSA) is 30.3 Å². The number of ether oxygens (including phenoxy) is 1. The van der Waals surface area contributed by atoms with Crippen LogP contribution in [0.1, 0.15) is 55.6 Å². The predicted molar refractivity (Wildman–Crippen MR) is 90.5 cm³/mol. The van der Waals surface area contributed by atoms with E-state index in [1.807, 2.05) is 12.3 Å². The van der Waals surface area contributed by atoms with Crippen LogP contribution in [0.3, 0.4) is 0 Å². The zero-order valence-corrected chi connectivity index (χ0v) is 13.8. The van der Waals surface area contributed by atoms with Crippen LogP contribution in [0.25, 0.3) is 0 Å². The van der Waals surface area contributed by atoms with Crippen LogP contribution in [0.2, 0.25) is 0 Å². The number of benzene rings is 1. The Labute approximate surface area is 138 Å². The van der Waals surface area contributed by atoms with E-state index >= 15 is 0 Å². The van der Waals surface area contributed by atoms with Gasteiger partial charge in [0, 0.05) is 24.5 Å². The molecule has 4 nitrogen and oxygen atoms in total. The van der Waals surface area contributed by atoms with Crippen molar-refractivity contribution in [2.75, 3.05) is 13.7 Å². The first-order valence-corrected chi connectivity index (χ1v) is 8.75. The monoisotopic (exact) mass is 311 g/mol. The summed E-state index contributed by atoms with van der Waals surface area (Å²) >= 11 is 0. The van der Waals surface area contributed by atoms with E-state index < -0.39 is 0 Å². The molecule has 0 radical (unpaired) electrons. The molecule has 122 valence electrons. The van der Waals surface area contributed by atoms with Crippen LogP contribution >= 0.6 is 0 Å². The van der Waals surface area contributed by atoms with Gasteiger partial charge in [0.1, 0.15) is 11.6 Å². The SMILES string of the molecule is COc1cccc(C2CCCCN2Cc2nccn2C2CC2)c1. The molecule has 1 aliphatic heterocycles. The summed E-state index contributed by atoms with van der Waals surface area (Å²) in [7, 11) is 1.74. The highest BCUT2D eigenvalue weighted by Gasteiger charge is 2.29. The van der Waals surface area contributed by atoms with Gasteiger partial charge in [-0.1, -0.05) is 18.6 Å². The molecular formula is C19H25N3O. The second kappa shape index (κ2) is 6.36. The zero-order chi connectivity index (χ0) is 15.6. The molecular weight excluding hydrogens is 286 g/mol. The van der Waals surface area contributed by atoms with Gasteiger partial charge in [-0.3, -0.25) is 4.90 Å². The molecule has 1 aromatic heterocycles. The van der Waals surface area contributed by atoms with Gasteiger partial charge < -0.3 is 9.30 Å². The van der Waals surface area contributed by atoms with Crippen LogP contribution in [0.4, 0.5) is 0 Å². The van der Waals surface area contributed by atoms with Crippen LogP contribution in [-0.4, -0.2) is 28.1 Å². The van der Waals surface area contributed by atoms with Gasteiger partial charge in [-0.05, 0) is 49.9 Å². The maximum Gasteiger partial charge on any atom is 0.123 e. The molecule has 23 heavy (non-hydrogen) atoms. The highest BCUT2D eigenvalue weighted by Crippen LogP contribution is 2.37. The van der Waals surface area contributed by atoms with Crippen molar-refractivity contribution in [3.05, 3.63) is 48.0 Å². The van der Waals surface area contributed by atoms with Crippen molar-refractivity contribution in [2.45, 2.75) is 50.7 Å². The summed E-state index contributed by atoms with van der Waals surface area (Å²) in [5, 5.41) is 0. The van der Waals surface area contributed by atoms with E-state index in [9.17, 15) is 0 Å². The van der Waals surface area contributed by atoms with Gasteiger partial charge in [0.05, 0.1) is 13.7 Å². The number of likely N-dealkylation sites (tertiary alicyclic amines) is 1. The molecule has 0 N–H and O–H groups in total. The number of rotatable bonds is 5. The molecule has 2 aromatic rings. The molecule has 1 aliphatic carbocycles. The van der Waals surface area contributed by atoms with Crippen LogP contribution in [-0.2, 0) is 6.54 Å². The Morgan fingerprint density at radius 2 is 2.13 bits per heavy atom. The minimum Gasteiger partial charge on any atom is -0.497 e. The lowest BCUT2D eigenvalue weighted by Crippen LogP contribution is -2.33. The lowest BCUT2D eigenvalue weighted by Gasteiger charge is -2.36. The van der Waals surface area contributed by atoms with Crippen LogP contribution in [0.5, 0.6) is 5.75 Å². The fourth-order valence-corrected chi connectivity index (χ4v) is 3.74. The Kier molecular flexibility index (Phi) is 4.08. The molecule has 1 saturated carbocycles. The van der Waals surface area contributed by atoms with Crippen molar-refractivity contribution in [1.82, 2.24) is 14.5 Å². The number of hydrogen-bond acceptors (Lipinski definition) is 3. The normalized spacial score (nSPS) is 22.2. The van der Waals surface area contributed by atoms with Crippen molar-refractivity contribution < 1.29 is 4.74 Å². The standard InChI is InChI=1S/C19H25N3O/c1-23-17-6-4-5-15(13-17)18-7-2-3-11-21(18)14-19-20-10-12-22(19)16-8-9-16/h4-6,10,12-13,16,18H,2-3,7-9,11,14H2,1H3. The third kappa shape index (κ3) is 3.13. The van der Waals surface area contributed by atoms with Crippen LogP contribution < -0.4 is 4.74 Å². The Bertz CT molecular complexity index is 662. The molecule has 2 aliphatic rings. The van der Waals surface area contributed by atoms with Crippen molar-refractivity contribution in [3.63, 3.8) is 0 Å². The van der Waals surface area contributed by atoms with E-state index in [1.165, 1.54) is 43.5 Å². The molecule has 4 rings (SSSR count).